The third-order valence-electron chi connectivity index (χ3n) is 3.40. The molecule has 2 aromatic carbocycles. The van der Waals surface area contributed by atoms with Crippen molar-refractivity contribution in [2.45, 2.75) is 13.5 Å². The summed E-state index contributed by atoms with van der Waals surface area (Å²) in [6, 6.07) is 17.2. The number of ether oxygens (including phenoxy) is 1. The molecule has 0 saturated carbocycles. The molecule has 0 aliphatic rings. The second-order valence-corrected chi connectivity index (χ2v) is 5.27. The maximum Gasteiger partial charge on any atom is 0.258 e. The Morgan fingerprint density at radius 1 is 1.00 bits per heavy atom. The Morgan fingerprint density at radius 2 is 1.67 bits per heavy atom. The summed E-state index contributed by atoms with van der Waals surface area (Å²) in [6.45, 7) is 2.28. The summed E-state index contributed by atoms with van der Waals surface area (Å²) in [5.41, 5.74) is 2.21. The Balaban J connectivity index is 1.58. The average molecular weight is 319 g/mol. The summed E-state index contributed by atoms with van der Waals surface area (Å²) >= 11 is 0. The number of benzene rings is 2. The molecule has 0 aliphatic carbocycles. The minimum absolute atomic E-state index is 0.243. The van der Waals surface area contributed by atoms with E-state index >= 15 is 0 Å². The average Bonchev–Trinajstić information content (AvgIpc) is 2.62. The molecule has 24 heavy (non-hydrogen) atoms. The van der Waals surface area contributed by atoms with Crippen LogP contribution >= 0.6 is 0 Å². The van der Waals surface area contributed by atoms with Crippen LogP contribution in [0.3, 0.4) is 0 Å². The number of aryl methyl sites for hydroxylation is 1. The van der Waals surface area contributed by atoms with E-state index in [9.17, 15) is 4.79 Å². The maximum absolute atomic E-state index is 12.1. The predicted molar refractivity (Wildman–Crippen MR) is 91.9 cm³/mol. The molecule has 5 nitrogen and oxygen atoms in total. The van der Waals surface area contributed by atoms with Gasteiger partial charge >= 0.3 is 0 Å². The van der Waals surface area contributed by atoms with Gasteiger partial charge in [-0.3, -0.25) is 4.79 Å². The fraction of sp³-hybridized carbons (Fsp3) is 0.105. The molecule has 0 atom stereocenters. The number of amides is 1. The molecule has 0 aliphatic heterocycles. The highest BCUT2D eigenvalue weighted by Gasteiger charge is 2.07. The van der Waals surface area contributed by atoms with Crippen LogP contribution in [0.1, 0.15) is 21.7 Å². The monoisotopic (exact) mass is 319 g/mol. The second kappa shape index (κ2) is 7.37. The normalized spacial score (nSPS) is 10.2. The van der Waals surface area contributed by atoms with Crippen molar-refractivity contribution in [2.24, 2.45) is 0 Å². The Kier molecular flexibility index (Phi) is 4.81. The Labute approximate surface area is 140 Å². The van der Waals surface area contributed by atoms with Gasteiger partial charge in [0.15, 0.2) is 0 Å². The van der Waals surface area contributed by atoms with Gasteiger partial charge in [0.2, 0.25) is 0 Å². The standard InChI is InChI=1S/C19H17N3O2/c1-14-20-11-16(12-21-14)19(23)22-17-7-9-18(10-8-17)24-13-15-5-3-2-4-6-15/h2-12H,13H2,1H3,(H,22,23). The van der Waals surface area contributed by atoms with Crippen LogP contribution in [0.5, 0.6) is 5.75 Å². The molecular formula is C19H17N3O2. The van der Waals surface area contributed by atoms with E-state index in [-0.39, 0.29) is 5.91 Å². The van der Waals surface area contributed by atoms with Crippen molar-refractivity contribution in [3.05, 3.63) is 83.9 Å². The number of nitrogens with zero attached hydrogens (tertiary/aromatic N) is 2. The minimum atomic E-state index is -0.243. The molecule has 3 aromatic rings. The van der Waals surface area contributed by atoms with Crippen molar-refractivity contribution >= 4 is 11.6 Å². The third kappa shape index (κ3) is 4.16. The number of rotatable bonds is 5. The summed E-state index contributed by atoms with van der Waals surface area (Å²) in [5, 5.41) is 2.80. The first-order chi connectivity index (χ1) is 11.7. The first kappa shape index (κ1) is 15.7. The first-order valence-electron chi connectivity index (χ1n) is 7.57. The number of carbonyl (C=O) groups is 1. The zero-order valence-corrected chi connectivity index (χ0v) is 13.3. The van der Waals surface area contributed by atoms with Crippen molar-refractivity contribution < 1.29 is 9.53 Å². The Bertz CT molecular complexity index is 800. The van der Waals surface area contributed by atoms with Crippen LogP contribution in [0.25, 0.3) is 0 Å². The minimum Gasteiger partial charge on any atom is -0.489 e. The van der Waals surface area contributed by atoms with Gasteiger partial charge in [-0.25, -0.2) is 9.97 Å². The third-order valence-corrected chi connectivity index (χ3v) is 3.40. The van der Waals surface area contributed by atoms with E-state index < -0.39 is 0 Å². The molecule has 0 spiro atoms. The van der Waals surface area contributed by atoms with Crippen molar-refractivity contribution in [2.75, 3.05) is 5.32 Å². The van der Waals surface area contributed by atoms with E-state index in [0.29, 0.717) is 23.7 Å². The lowest BCUT2D eigenvalue weighted by Crippen LogP contribution is -2.12. The zero-order chi connectivity index (χ0) is 16.8. The van der Waals surface area contributed by atoms with E-state index in [4.69, 9.17) is 4.74 Å². The number of hydrogen-bond acceptors (Lipinski definition) is 4. The van der Waals surface area contributed by atoms with Gasteiger partial charge in [-0.15, -0.1) is 0 Å². The van der Waals surface area contributed by atoms with Gasteiger partial charge in [0.25, 0.3) is 5.91 Å². The quantitative estimate of drug-likeness (QED) is 0.780. The second-order valence-electron chi connectivity index (χ2n) is 5.27. The molecule has 3 rings (SSSR count). The molecule has 0 radical (unpaired) electrons. The molecule has 1 heterocycles. The number of carbonyl (C=O) groups excluding carboxylic acids is 1. The van der Waals surface area contributed by atoms with Crippen LogP contribution in [0.15, 0.2) is 67.0 Å². The van der Waals surface area contributed by atoms with Gasteiger partial charge in [-0.2, -0.15) is 0 Å². The predicted octanol–water partition coefficient (Wildman–Crippen LogP) is 3.62. The van der Waals surface area contributed by atoms with Gasteiger partial charge in [0, 0.05) is 18.1 Å². The van der Waals surface area contributed by atoms with Gasteiger partial charge in [0.1, 0.15) is 18.2 Å². The molecule has 0 unspecified atom stereocenters. The summed E-state index contributed by atoms with van der Waals surface area (Å²) in [5.74, 6) is 1.13. The molecule has 120 valence electrons. The molecule has 1 N–H and O–H groups in total. The number of aromatic nitrogens is 2. The smallest absolute Gasteiger partial charge is 0.258 e. The van der Waals surface area contributed by atoms with E-state index in [0.717, 1.165) is 11.3 Å². The van der Waals surface area contributed by atoms with Crippen LogP contribution in [0.4, 0.5) is 5.69 Å². The van der Waals surface area contributed by atoms with Crippen LogP contribution in [0.2, 0.25) is 0 Å². The van der Waals surface area contributed by atoms with Crippen LogP contribution in [-0.4, -0.2) is 15.9 Å². The van der Waals surface area contributed by atoms with Crippen molar-refractivity contribution in [1.29, 1.82) is 0 Å². The van der Waals surface area contributed by atoms with Gasteiger partial charge in [0.05, 0.1) is 5.56 Å². The highest BCUT2D eigenvalue weighted by molar-refractivity contribution is 6.03. The fourth-order valence-corrected chi connectivity index (χ4v) is 2.09. The van der Waals surface area contributed by atoms with E-state index in [1.54, 1.807) is 19.1 Å². The van der Waals surface area contributed by atoms with Crippen LogP contribution in [-0.2, 0) is 6.61 Å². The van der Waals surface area contributed by atoms with Gasteiger partial charge < -0.3 is 10.1 Å². The molecule has 1 aromatic heterocycles. The van der Waals surface area contributed by atoms with E-state index in [1.165, 1.54) is 12.4 Å². The lowest BCUT2D eigenvalue weighted by atomic mass is 10.2. The number of anilines is 1. The topological polar surface area (TPSA) is 64.1 Å². The summed E-state index contributed by atoms with van der Waals surface area (Å²) in [4.78, 5) is 20.1. The molecule has 0 saturated heterocycles. The Morgan fingerprint density at radius 3 is 2.33 bits per heavy atom. The molecule has 1 amide bonds. The zero-order valence-electron chi connectivity index (χ0n) is 13.3. The largest absolute Gasteiger partial charge is 0.489 e. The molecule has 0 fully saturated rings. The fourth-order valence-electron chi connectivity index (χ4n) is 2.09. The molecule has 0 bridgehead atoms. The summed E-state index contributed by atoms with van der Waals surface area (Å²) in [6.07, 6.45) is 3.02. The lowest BCUT2D eigenvalue weighted by Gasteiger charge is -2.08. The van der Waals surface area contributed by atoms with Crippen molar-refractivity contribution in [3.63, 3.8) is 0 Å². The van der Waals surface area contributed by atoms with Gasteiger partial charge in [-0.1, -0.05) is 30.3 Å². The SMILES string of the molecule is Cc1ncc(C(=O)Nc2ccc(OCc3ccccc3)cc2)cn1. The molecule has 5 heteroatoms. The summed E-state index contributed by atoms with van der Waals surface area (Å²) in [7, 11) is 0. The van der Waals surface area contributed by atoms with Crippen molar-refractivity contribution in [3.8, 4) is 5.75 Å². The summed E-state index contributed by atoms with van der Waals surface area (Å²) < 4.78 is 5.72. The number of nitrogens with one attached hydrogen (secondary N) is 1. The first-order valence-corrected chi connectivity index (χ1v) is 7.57. The van der Waals surface area contributed by atoms with Crippen LogP contribution in [0, 0.1) is 6.92 Å². The van der Waals surface area contributed by atoms with E-state index in [2.05, 4.69) is 15.3 Å². The van der Waals surface area contributed by atoms with E-state index in [1.807, 2.05) is 42.5 Å². The number of hydrogen-bond donors (Lipinski definition) is 1. The lowest BCUT2D eigenvalue weighted by molar-refractivity contribution is 0.102. The maximum atomic E-state index is 12.1. The van der Waals surface area contributed by atoms with Crippen molar-refractivity contribution in [1.82, 2.24) is 9.97 Å². The molecular weight excluding hydrogens is 302 g/mol. The highest BCUT2D eigenvalue weighted by atomic mass is 16.5. The Hall–Kier alpha value is -3.21. The van der Waals surface area contributed by atoms with Crippen LogP contribution < -0.4 is 10.1 Å². The van der Waals surface area contributed by atoms with Gasteiger partial charge in [-0.05, 0) is 36.8 Å². The highest BCUT2D eigenvalue weighted by Crippen LogP contribution is 2.17.